The van der Waals surface area contributed by atoms with Gasteiger partial charge in [0.25, 0.3) is 0 Å². The lowest BCUT2D eigenvalue weighted by molar-refractivity contribution is 0.0612. The Morgan fingerprint density at radius 3 is 2.80 bits per heavy atom. The van der Waals surface area contributed by atoms with Gasteiger partial charge >= 0.3 is 0 Å². The van der Waals surface area contributed by atoms with E-state index in [2.05, 4.69) is 6.92 Å². The smallest absolute Gasteiger partial charge is 0.174 e. The zero-order valence-electron chi connectivity index (χ0n) is 12.4. The van der Waals surface area contributed by atoms with Gasteiger partial charge in [-0.15, -0.1) is 0 Å². The number of unbranched alkanes of at least 4 members (excludes halogenated alkanes) is 2. The summed E-state index contributed by atoms with van der Waals surface area (Å²) >= 11 is 0. The number of hydrogen-bond donors (Lipinski definition) is 1. The van der Waals surface area contributed by atoms with Gasteiger partial charge in [-0.3, -0.25) is 4.79 Å². The van der Waals surface area contributed by atoms with Crippen LogP contribution < -0.4 is 9.47 Å². The fourth-order valence-corrected chi connectivity index (χ4v) is 2.37. The maximum absolute atomic E-state index is 12.1. The molecule has 0 saturated heterocycles. The van der Waals surface area contributed by atoms with Gasteiger partial charge in [0.05, 0.1) is 13.0 Å². The molecule has 0 atom stereocenters. The van der Waals surface area contributed by atoms with Gasteiger partial charge in [0.2, 0.25) is 0 Å². The Bertz CT molecular complexity index is 505. The van der Waals surface area contributed by atoms with Crippen LogP contribution in [0.1, 0.15) is 56.8 Å². The molecule has 0 saturated carbocycles. The SMILES string of the molecule is CCCCCOc1cc(O)c2c(c1)OC(C)(C)CC2=O. The number of aromatic hydroxyl groups is 1. The van der Waals surface area contributed by atoms with Crippen molar-refractivity contribution < 1.29 is 19.4 Å². The monoisotopic (exact) mass is 278 g/mol. The molecule has 0 spiro atoms. The molecule has 0 unspecified atom stereocenters. The van der Waals surface area contributed by atoms with Gasteiger partial charge in [0.1, 0.15) is 28.4 Å². The summed E-state index contributed by atoms with van der Waals surface area (Å²) in [5, 5.41) is 10.00. The van der Waals surface area contributed by atoms with E-state index < -0.39 is 5.60 Å². The lowest BCUT2D eigenvalue weighted by atomic mass is 9.92. The molecule has 1 aliphatic rings. The highest BCUT2D eigenvalue weighted by Crippen LogP contribution is 2.40. The van der Waals surface area contributed by atoms with E-state index in [4.69, 9.17) is 9.47 Å². The highest BCUT2D eigenvalue weighted by molar-refractivity contribution is 6.03. The highest BCUT2D eigenvalue weighted by Gasteiger charge is 2.34. The molecule has 1 aromatic rings. The van der Waals surface area contributed by atoms with E-state index in [1.54, 1.807) is 6.07 Å². The molecule has 0 fully saturated rings. The van der Waals surface area contributed by atoms with Crippen LogP contribution in [0.25, 0.3) is 0 Å². The van der Waals surface area contributed by atoms with Crippen LogP contribution in [-0.4, -0.2) is 23.1 Å². The summed E-state index contributed by atoms with van der Waals surface area (Å²) in [5.74, 6) is 0.805. The van der Waals surface area contributed by atoms with Gasteiger partial charge < -0.3 is 14.6 Å². The quantitative estimate of drug-likeness (QED) is 0.834. The van der Waals surface area contributed by atoms with E-state index in [9.17, 15) is 9.90 Å². The van der Waals surface area contributed by atoms with Crippen molar-refractivity contribution in [1.82, 2.24) is 0 Å². The van der Waals surface area contributed by atoms with E-state index in [0.29, 0.717) is 18.1 Å². The molecule has 110 valence electrons. The molecule has 1 aliphatic heterocycles. The third-order valence-corrected chi connectivity index (χ3v) is 3.32. The van der Waals surface area contributed by atoms with Gasteiger partial charge in [0, 0.05) is 12.1 Å². The third-order valence-electron chi connectivity index (χ3n) is 3.32. The summed E-state index contributed by atoms with van der Waals surface area (Å²) in [5.41, 5.74) is -0.276. The van der Waals surface area contributed by atoms with Crippen molar-refractivity contribution >= 4 is 5.78 Å². The average Bonchev–Trinajstić information content (AvgIpc) is 2.32. The number of ether oxygens (including phenoxy) is 2. The Hall–Kier alpha value is -1.71. The molecule has 2 rings (SSSR count). The molecule has 0 amide bonds. The number of Topliss-reactive ketones (excluding diaryl/α,β-unsaturated/α-hetero) is 1. The van der Waals surface area contributed by atoms with Crippen LogP contribution in [0.2, 0.25) is 0 Å². The van der Waals surface area contributed by atoms with Crippen molar-refractivity contribution in [3.8, 4) is 17.2 Å². The third kappa shape index (κ3) is 3.24. The number of carbonyl (C=O) groups excluding carboxylic acids is 1. The van der Waals surface area contributed by atoms with E-state index >= 15 is 0 Å². The lowest BCUT2D eigenvalue weighted by Crippen LogP contribution is -2.35. The standard InChI is InChI=1S/C16H22O4/c1-4-5-6-7-19-11-8-12(17)15-13(18)10-16(2,3)20-14(15)9-11/h8-9,17H,4-7,10H2,1-3H3. The number of phenols is 1. The molecular formula is C16H22O4. The molecule has 0 radical (unpaired) electrons. The summed E-state index contributed by atoms with van der Waals surface area (Å²) in [7, 11) is 0. The van der Waals surface area contributed by atoms with Crippen molar-refractivity contribution in [2.75, 3.05) is 6.61 Å². The lowest BCUT2D eigenvalue weighted by Gasteiger charge is -2.32. The molecular weight excluding hydrogens is 256 g/mol. The van der Waals surface area contributed by atoms with Gasteiger partial charge in [-0.1, -0.05) is 19.8 Å². The Balaban J connectivity index is 2.19. The molecule has 1 N–H and O–H groups in total. The molecule has 0 aromatic heterocycles. The Kier molecular flexibility index (Phi) is 4.21. The van der Waals surface area contributed by atoms with E-state index in [1.165, 1.54) is 6.07 Å². The number of fused-ring (bicyclic) bond motifs is 1. The normalized spacial score (nSPS) is 16.4. The van der Waals surface area contributed by atoms with Crippen molar-refractivity contribution in [3.63, 3.8) is 0 Å². The van der Waals surface area contributed by atoms with E-state index in [1.807, 2.05) is 13.8 Å². The predicted octanol–water partition coefficient (Wildman–Crippen LogP) is 3.71. The first-order chi connectivity index (χ1) is 9.43. The van der Waals surface area contributed by atoms with Crippen LogP contribution in [0.5, 0.6) is 17.2 Å². The largest absolute Gasteiger partial charge is 0.507 e. The van der Waals surface area contributed by atoms with Gasteiger partial charge in [-0.25, -0.2) is 0 Å². The Morgan fingerprint density at radius 1 is 1.35 bits per heavy atom. The predicted molar refractivity (Wildman–Crippen MR) is 76.8 cm³/mol. The number of benzene rings is 1. The molecule has 4 nitrogen and oxygen atoms in total. The zero-order valence-corrected chi connectivity index (χ0v) is 12.4. The summed E-state index contributed by atoms with van der Waals surface area (Å²) < 4.78 is 11.4. The van der Waals surface area contributed by atoms with Crippen molar-refractivity contribution in [1.29, 1.82) is 0 Å². The molecule has 0 bridgehead atoms. The van der Waals surface area contributed by atoms with Crippen LogP contribution in [0.15, 0.2) is 12.1 Å². The fraction of sp³-hybridized carbons (Fsp3) is 0.562. The van der Waals surface area contributed by atoms with Gasteiger partial charge in [0.15, 0.2) is 5.78 Å². The first-order valence-corrected chi connectivity index (χ1v) is 7.15. The van der Waals surface area contributed by atoms with E-state index in [0.717, 1.165) is 19.3 Å². The van der Waals surface area contributed by atoms with Crippen LogP contribution in [0.4, 0.5) is 0 Å². The van der Waals surface area contributed by atoms with Crippen LogP contribution >= 0.6 is 0 Å². The number of carbonyl (C=O) groups is 1. The molecule has 4 heteroatoms. The second-order valence-corrected chi connectivity index (χ2v) is 5.83. The first kappa shape index (κ1) is 14.7. The zero-order chi connectivity index (χ0) is 14.8. The van der Waals surface area contributed by atoms with Crippen LogP contribution in [-0.2, 0) is 0 Å². The van der Waals surface area contributed by atoms with Gasteiger partial charge in [-0.05, 0) is 20.3 Å². The minimum absolute atomic E-state index is 0.0616. The molecule has 20 heavy (non-hydrogen) atoms. The molecule has 0 aliphatic carbocycles. The van der Waals surface area contributed by atoms with Crippen molar-refractivity contribution in [2.45, 2.75) is 52.1 Å². The summed E-state index contributed by atoms with van der Waals surface area (Å²) in [6.45, 7) is 6.45. The number of hydrogen-bond acceptors (Lipinski definition) is 4. The second kappa shape index (κ2) is 5.73. The Labute approximate surface area is 119 Å². The average molecular weight is 278 g/mol. The summed E-state index contributed by atoms with van der Waals surface area (Å²) in [6.07, 6.45) is 3.48. The number of phenolic OH excluding ortho intramolecular Hbond substituents is 1. The fourth-order valence-electron chi connectivity index (χ4n) is 2.37. The Morgan fingerprint density at radius 2 is 2.10 bits per heavy atom. The van der Waals surface area contributed by atoms with Crippen molar-refractivity contribution in [3.05, 3.63) is 17.7 Å². The number of ketones is 1. The van der Waals surface area contributed by atoms with Crippen molar-refractivity contribution in [2.24, 2.45) is 0 Å². The van der Waals surface area contributed by atoms with E-state index in [-0.39, 0.29) is 23.5 Å². The summed E-state index contributed by atoms with van der Waals surface area (Å²) in [4.78, 5) is 12.1. The first-order valence-electron chi connectivity index (χ1n) is 7.15. The maximum atomic E-state index is 12.1. The summed E-state index contributed by atoms with van der Waals surface area (Å²) in [6, 6.07) is 3.18. The maximum Gasteiger partial charge on any atom is 0.174 e. The minimum Gasteiger partial charge on any atom is -0.507 e. The molecule has 1 heterocycles. The highest BCUT2D eigenvalue weighted by atomic mass is 16.5. The number of rotatable bonds is 5. The molecule has 1 aromatic carbocycles. The van der Waals surface area contributed by atoms with Crippen LogP contribution in [0.3, 0.4) is 0 Å². The van der Waals surface area contributed by atoms with Gasteiger partial charge in [-0.2, -0.15) is 0 Å². The minimum atomic E-state index is -0.544. The second-order valence-electron chi connectivity index (χ2n) is 5.83. The topological polar surface area (TPSA) is 55.8 Å². The van der Waals surface area contributed by atoms with Crippen LogP contribution in [0, 0.1) is 0 Å².